The first-order chi connectivity index (χ1) is 12.4. The van der Waals surface area contributed by atoms with Gasteiger partial charge >= 0.3 is 0 Å². The Morgan fingerprint density at radius 1 is 1.19 bits per heavy atom. The second-order valence-corrected chi connectivity index (χ2v) is 8.13. The van der Waals surface area contributed by atoms with Crippen molar-refractivity contribution in [2.24, 2.45) is 0 Å². The van der Waals surface area contributed by atoms with Gasteiger partial charge in [0.2, 0.25) is 0 Å². The molecule has 3 nitrogen and oxygen atoms in total. The largest absolute Gasteiger partial charge is 0.489 e. The molecule has 3 rings (SSSR count). The molecule has 1 heterocycles. The van der Waals surface area contributed by atoms with E-state index in [2.05, 4.69) is 0 Å². The van der Waals surface area contributed by atoms with E-state index in [9.17, 15) is 4.79 Å². The van der Waals surface area contributed by atoms with Crippen molar-refractivity contribution in [2.75, 3.05) is 0 Å². The van der Waals surface area contributed by atoms with Crippen LogP contribution in [0.2, 0.25) is 10.0 Å². The molecule has 0 aromatic heterocycles. The lowest BCUT2D eigenvalue weighted by atomic mass is 10.1. The molecular formula is C19H13Cl2NO2S2. The number of benzene rings is 2. The SMILES string of the molecule is N=C1CC(=O)/C(=C\c2ccc(OCc3ccc(Cl)cc3Cl)cc2)SC1=S. The minimum absolute atomic E-state index is 0.0702. The average Bonchev–Trinajstić information content (AvgIpc) is 2.60. The van der Waals surface area contributed by atoms with Gasteiger partial charge in [-0.2, -0.15) is 0 Å². The van der Waals surface area contributed by atoms with Crippen LogP contribution in [0.1, 0.15) is 17.5 Å². The van der Waals surface area contributed by atoms with Gasteiger partial charge in [-0.25, -0.2) is 0 Å². The second kappa shape index (κ2) is 8.35. The van der Waals surface area contributed by atoms with E-state index in [4.69, 9.17) is 45.6 Å². The number of ketones is 1. The molecular weight excluding hydrogens is 409 g/mol. The van der Waals surface area contributed by atoms with E-state index in [1.807, 2.05) is 30.3 Å². The van der Waals surface area contributed by atoms with E-state index in [1.165, 1.54) is 11.8 Å². The first kappa shape index (κ1) is 19.1. The van der Waals surface area contributed by atoms with Crippen molar-refractivity contribution < 1.29 is 9.53 Å². The van der Waals surface area contributed by atoms with Gasteiger partial charge < -0.3 is 10.1 Å². The molecule has 1 saturated heterocycles. The standard InChI is InChI=1S/C19H13Cl2NO2S2/c20-13-4-3-12(15(21)8-13)10-24-14-5-1-11(2-6-14)7-18-17(23)9-16(22)19(25)26-18/h1-8,22H,9-10H2/b18-7+,22-16?. The lowest BCUT2D eigenvalue weighted by Crippen LogP contribution is -2.20. The van der Waals surface area contributed by atoms with Crippen molar-refractivity contribution in [3.8, 4) is 5.75 Å². The number of carbonyl (C=O) groups excluding carboxylic acids is 1. The Kier molecular flexibility index (Phi) is 6.14. The molecule has 132 valence electrons. The molecule has 0 unspecified atom stereocenters. The van der Waals surface area contributed by atoms with E-state index in [1.54, 1.807) is 18.2 Å². The first-order valence-electron chi connectivity index (χ1n) is 7.63. The monoisotopic (exact) mass is 421 g/mol. The van der Waals surface area contributed by atoms with Crippen molar-refractivity contribution in [1.29, 1.82) is 5.41 Å². The molecule has 0 bridgehead atoms. The number of nitrogens with one attached hydrogen (secondary N) is 1. The minimum atomic E-state index is -0.0775. The molecule has 1 aliphatic rings. The third kappa shape index (κ3) is 4.74. The lowest BCUT2D eigenvalue weighted by Gasteiger charge is -2.14. The molecule has 2 aromatic rings. The van der Waals surface area contributed by atoms with Crippen molar-refractivity contribution >= 4 is 68.9 Å². The van der Waals surface area contributed by atoms with Crippen LogP contribution in [-0.4, -0.2) is 15.7 Å². The number of rotatable bonds is 4. The van der Waals surface area contributed by atoms with Crippen molar-refractivity contribution in [1.82, 2.24) is 0 Å². The third-order valence-corrected chi connectivity index (χ3v) is 5.73. The maximum Gasteiger partial charge on any atom is 0.175 e. The molecule has 1 fully saturated rings. The van der Waals surface area contributed by atoms with Gasteiger partial charge in [-0.15, -0.1) is 0 Å². The summed E-state index contributed by atoms with van der Waals surface area (Å²) in [7, 11) is 0. The highest BCUT2D eigenvalue weighted by atomic mass is 35.5. The second-order valence-electron chi connectivity index (χ2n) is 5.57. The number of Topliss-reactive ketones (excluding diaryl/α,β-unsaturated/α-hetero) is 1. The molecule has 0 spiro atoms. The summed E-state index contributed by atoms with van der Waals surface area (Å²) in [5.74, 6) is 0.615. The van der Waals surface area contributed by atoms with Gasteiger partial charge in [-0.05, 0) is 35.9 Å². The minimum Gasteiger partial charge on any atom is -0.489 e. The predicted molar refractivity (Wildman–Crippen MR) is 113 cm³/mol. The van der Waals surface area contributed by atoms with E-state index in [0.717, 1.165) is 11.1 Å². The van der Waals surface area contributed by atoms with Crippen molar-refractivity contribution in [3.63, 3.8) is 0 Å². The fraction of sp³-hybridized carbons (Fsp3) is 0.105. The zero-order chi connectivity index (χ0) is 18.7. The normalized spacial score (nSPS) is 16.2. The van der Waals surface area contributed by atoms with Gasteiger partial charge in [0.25, 0.3) is 0 Å². The van der Waals surface area contributed by atoms with Crippen LogP contribution in [0.4, 0.5) is 0 Å². The first-order valence-corrected chi connectivity index (χ1v) is 9.62. The Balaban J connectivity index is 1.67. The number of hydrogen-bond donors (Lipinski definition) is 1. The summed E-state index contributed by atoms with van der Waals surface area (Å²) in [5.41, 5.74) is 1.94. The Morgan fingerprint density at radius 2 is 1.92 bits per heavy atom. The number of halogens is 2. The summed E-state index contributed by atoms with van der Waals surface area (Å²) < 4.78 is 6.20. The van der Waals surface area contributed by atoms with E-state index >= 15 is 0 Å². The smallest absolute Gasteiger partial charge is 0.175 e. The molecule has 0 radical (unpaired) electrons. The summed E-state index contributed by atoms with van der Waals surface area (Å²) >= 11 is 18.3. The van der Waals surface area contributed by atoms with E-state index < -0.39 is 0 Å². The summed E-state index contributed by atoms with van der Waals surface area (Å²) in [6.07, 6.45) is 1.85. The van der Waals surface area contributed by atoms with Crippen LogP contribution < -0.4 is 4.74 Å². The van der Waals surface area contributed by atoms with Gasteiger partial charge in [0.05, 0.1) is 21.2 Å². The van der Waals surface area contributed by atoms with Gasteiger partial charge in [-0.3, -0.25) is 4.79 Å². The highest BCUT2D eigenvalue weighted by molar-refractivity contribution is 8.28. The lowest BCUT2D eigenvalue weighted by molar-refractivity contribution is -0.113. The molecule has 1 N–H and O–H groups in total. The van der Waals surface area contributed by atoms with Crippen LogP contribution in [0.25, 0.3) is 6.08 Å². The Morgan fingerprint density at radius 3 is 2.62 bits per heavy atom. The number of allylic oxidation sites excluding steroid dienone is 1. The summed E-state index contributed by atoms with van der Waals surface area (Å²) in [4.78, 5) is 12.6. The maximum absolute atomic E-state index is 12.0. The average molecular weight is 422 g/mol. The highest BCUT2D eigenvalue weighted by Crippen LogP contribution is 2.29. The molecule has 0 amide bonds. The fourth-order valence-corrected chi connectivity index (χ4v) is 3.84. The van der Waals surface area contributed by atoms with Crippen LogP contribution >= 0.6 is 47.2 Å². The summed E-state index contributed by atoms with van der Waals surface area (Å²) in [6, 6.07) is 12.7. The zero-order valence-corrected chi connectivity index (χ0v) is 16.6. The Labute approximate surface area is 170 Å². The molecule has 7 heteroatoms. The van der Waals surface area contributed by atoms with Gasteiger partial charge in [0.15, 0.2) is 5.78 Å². The molecule has 1 aliphatic heterocycles. The van der Waals surface area contributed by atoms with Crippen LogP contribution in [0.3, 0.4) is 0 Å². The summed E-state index contributed by atoms with van der Waals surface area (Å²) in [6.45, 7) is 0.334. The van der Waals surface area contributed by atoms with Crippen molar-refractivity contribution in [3.05, 3.63) is 68.5 Å². The zero-order valence-electron chi connectivity index (χ0n) is 13.4. The Bertz CT molecular complexity index is 924. The number of ether oxygens (including phenoxy) is 1. The number of carbonyl (C=O) groups is 1. The molecule has 2 aromatic carbocycles. The number of hydrogen-bond acceptors (Lipinski definition) is 5. The van der Waals surface area contributed by atoms with E-state index in [0.29, 0.717) is 31.5 Å². The number of thioether (sulfide) groups is 1. The predicted octanol–water partition coefficient (Wildman–Crippen LogP) is 5.97. The Hall–Kier alpha value is -1.66. The van der Waals surface area contributed by atoms with Gasteiger partial charge in [0, 0.05) is 15.6 Å². The topological polar surface area (TPSA) is 50.2 Å². The molecule has 0 atom stereocenters. The molecule has 0 saturated carbocycles. The number of thiocarbonyl (C=S) groups is 1. The van der Waals surface area contributed by atoms with Crippen LogP contribution in [0.5, 0.6) is 5.75 Å². The highest BCUT2D eigenvalue weighted by Gasteiger charge is 2.23. The van der Waals surface area contributed by atoms with Crippen LogP contribution in [0, 0.1) is 5.41 Å². The van der Waals surface area contributed by atoms with Crippen LogP contribution in [0.15, 0.2) is 47.4 Å². The maximum atomic E-state index is 12.0. The third-order valence-electron chi connectivity index (χ3n) is 3.65. The van der Waals surface area contributed by atoms with Crippen LogP contribution in [-0.2, 0) is 11.4 Å². The van der Waals surface area contributed by atoms with Gasteiger partial charge in [-0.1, -0.05) is 65.4 Å². The fourth-order valence-electron chi connectivity index (χ4n) is 2.26. The van der Waals surface area contributed by atoms with E-state index in [-0.39, 0.29) is 17.9 Å². The quantitative estimate of drug-likeness (QED) is 0.488. The molecule has 0 aliphatic carbocycles. The summed E-state index contributed by atoms with van der Waals surface area (Å²) in [5, 5.41) is 8.77. The van der Waals surface area contributed by atoms with Crippen molar-refractivity contribution in [2.45, 2.75) is 13.0 Å². The molecule has 26 heavy (non-hydrogen) atoms. The van der Waals surface area contributed by atoms with Gasteiger partial charge in [0.1, 0.15) is 12.4 Å².